The molecule has 0 aromatic carbocycles. The lowest BCUT2D eigenvalue weighted by molar-refractivity contribution is -0.917. The Labute approximate surface area is 160 Å². The summed E-state index contributed by atoms with van der Waals surface area (Å²) >= 11 is 0. The van der Waals surface area contributed by atoms with Gasteiger partial charge in [0, 0.05) is 12.8 Å². The summed E-state index contributed by atoms with van der Waals surface area (Å²) in [7, 11) is 0. The lowest BCUT2D eigenvalue weighted by Crippen LogP contribution is -2.46. The van der Waals surface area contributed by atoms with Crippen LogP contribution in [0.1, 0.15) is 129 Å². The molecule has 1 heteroatoms. The Morgan fingerprint density at radius 1 is 0.440 bits per heavy atom. The Balaban J connectivity index is 1.84. The van der Waals surface area contributed by atoms with Gasteiger partial charge in [0.25, 0.3) is 0 Å². The van der Waals surface area contributed by atoms with E-state index in [1.54, 1.807) is 0 Å². The number of hydrogen-bond donors (Lipinski definition) is 0. The van der Waals surface area contributed by atoms with Gasteiger partial charge in [-0.3, -0.25) is 0 Å². The smallest absolute Gasteiger partial charge is 0.0788 e. The van der Waals surface area contributed by atoms with E-state index in [9.17, 15) is 0 Å². The fourth-order valence-electron chi connectivity index (χ4n) is 4.70. The van der Waals surface area contributed by atoms with Gasteiger partial charge in [-0.25, -0.2) is 0 Å². The highest BCUT2D eigenvalue weighted by molar-refractivity contribution is 4.56. The van der Waals surface area contributed by atoms with Crippen LogP contribution in [0.15, 0.2) is 0 Å². The molecule has 0 unspecified atom stereocenters. The molecule has 0 spiro atoms. The zero-order chi connectivity index (χ0) is 18.1. The van der Waals surface area contributed by atoms with Gasteiger partial charge in [0.2, 0.25) is 0 Å². The van der Waals surface area contributed by atoms with Crippen LogP contribution in [-0.4, -0.2) is 30.7 Å². The van der Waals surface area contributed by atoms with E-state index in [4.69, 9.17) is 0 Å². The molecule has 25 heavy (non-hydrogen) atoms. The second kappa shape index (κ2) is 16.2. The van der Waals surface area contributed by atoms with E-state index >= 15 is 0 Å². The molecule has 0 aromatic rings. The molecule has 1 heterocycles. The number of hydrogen-bond acceptors (Lipinski definition) is 0. The van der Waals surface area contributed by atoms with Crippen LogP contribution < -0.4 is 0 Å². The third-order valence-electron chi connectivity index (χ3n) is 6.49. The zero-order valence-corrected chi connectivity index (χ0v) is 18.0. The van der Waals surface area contributed by atoms with Crippen LogP contribution in [0.3, 0.4) is 0 Å². The summed E-state index contributed by atoms with van der Waals surface area (Å²) in [6.45, 7) is 10.6. The maximum Gasteiger partial charge on any atom is 0.0788 e. The Morgan fingerprint density at radius 3 is 1.24 bits per heavy atom. The summed E-state index contributed by atoms with van der Waals surface area (Å²) in [6.07, 6.45) is 26.5. The molecule has 0 aliphatic carbocycles. The van der Waals surface area contributed by atoms with Crippen molar-refractivity contribution in [2.24, 2.45) is 0 Å². The fraction of sp³-hybridized carbons (Fsp3) is 1.00. The van der Waals surface area contributed by atoms with E-state index in [0.29, 0.717) is 0 Å². The minimum Gasteiger partial charge on any atom is -0.324 e. The summed E-state index contributed by atoms with van der Waals surface area (Å²) in [5.41, 5.74) is 0. The predicted octanol–water partition coefficient (Wildman–Crippen LogP) is 7.88. The van der Waals surface area contributed by atoms with Crippen molar-refractivity contribution in [1.29, 1.82) is 0 Å². The highest BCUT2D eigenvalue weighted by atomic mass is 15.4. The minimum absolute atomic E-state index is 1.37. The van der Waals surface area contributed by atoms with Gasteiger partial charge in [-0.2, -0.15) is 0 Å². The molecule has 0 N–H and O–H groups in total. The summed E-state index contributed by atoms with van der Waals surface area (Å²) in [5.74, 6) is 0. The van der Waals surface area contributed by atoms with E-state index in [-0.39, 0.29) is 0 Å². The molecular weight excluding hydrogens is 302 g/mol. The van der Waals surface area contributed by atoms with Crippen molar-refractivity contribution in [2.75, 3.05) is 26.2 Å². The normalized spacial score (nSPS) is 16.6. The molecule has 0 radical (unpaired) electrons. The zero-order valence-electron chi connectivity index (χ0n) is 18.0. The van der Waals surface area contributed by atoms with Crippen LogP contribution in [0, 0.1) is 0 Å². The summed E-state index contributed by atoms with van der Waals surface area (Å²) in [6, 6.07) is 0. The molecule has 0 aromatic heterocycles. The van der Waals surface area contributed by atoms with Gasteiger partial charge >= 0.3 is 0 Å². The Hall–Kier alpha value is -0.0400. The first-order valence-corrected chi connectivity index (χ1v) is 12.2. The second-order valence-corrected chi connectivity index (χ2v) is 8.89. The molecule has 1 aliphatic heterocycles. The Morgan fingerprint density at radius 2 is 0.800 bits per heavy atom. The van der Waals surface area contributed by atoms with Crippen molar-refractivity contribution in [3.05, 3.63) is 0 Å². The van der Waals surface area contributed by atoms with Crippen LogP contribution in [0.4, 0.5) is 0 Å². The first-order valence-electron chi connectivity index (χ1n) is 12.2. The fourth-order valence-corrected chi connectivity index (χ4v) is 4.70. The molecule has 1 fully saturated rings. The Bertz CT molecular complexity index is 267. The van der Waals surface area contributed by atoms with Gasteiger partial charge in [-0.1, -0.05) is 97.3 Å². The maximum absolute atomic E-state index is 2.35. The first-order chi connectivity index (χ1) is 12.3. The topological polar surface area (TPSA) is 0 Å². The second-order valence-electron chi connectivity index (χ2n) is 8.89. The van der Waals surface area contributed by atoms with Gasteiger partial charge in [-0.15, -0.1) is 0 Å². The largest absolute Gasteiger partial charge is 0.324 e. The highest BCUT2D eigenvalue weighted by Crippen LogP contribution is 2.22. The van der Waals surface area contributed by atoms with E-state index in [2.05, 4.69) is 13.8 Å². The molecule has 0 saturated carbocycles. The average molecular weight is 353 g/mol. The number of quaternary nitrogens is 1. The molecule has 1 nitrogen and oxygen atoms in total. The van der Waals surface area contributed by atoms with Crippen LogP contribution in [-0.2, 0) is 0 Å². The summed E-state index contributed by atoms with van der Waals surface area (Å²) < 4.78 is 1.48. The maximum atomic E-state index is 2.35. The van der Waals surface area contributed by atoms with E-state index in [1.807, 2.05) is 0 Å². The van der Waals surface area contributed by atoms with E-state index in [0.717, 1.165) is 0 Å². The van der Waals surface area contributed by atoms with Crippen molar-refractivity contribution >= 4 is 0 Å². The molecule has 150 valence electrons. The van der Waals surface area contributed by atoms with Crippen LogP contribution >= 0.6 is 0 Å². The van der Waals surface area contributed by atoms with Crippen molar-refractivity contribution in [3.63, 3.8) is 0 Å². The van der Waals surface area contributed by atoms with Crippen LogP contribution in [0.2, 0.25) is 0 Å². The Kier molecular flexibility index (Phi) is 14.9. The standard InChI is InChI=1S/C24H50N/c1-3-5-7-8-9-10-11-12-13-14-15-16-17-18-22-25(21-6-4-2)23-19-20-24-25/h3-24H2,1-2H3/q+1. The number of rotatable bonds is 18. The third-order valence-corrected chi connectivity index (χ3v) is 6.49. The average Bonchev–Trinajstić information content (AvgIpc) is 3.09. The number of unbranched alkanes of at least 4 members (excludes halogenated alkanes) is 14. The molecule has 0 amide bonds. The monoisotopic (exact) mass is 352 g/mol. The van der Waals surface area contributed by atoms with Gasteiger partial charge < -0.3 is 4.48 Å². The van der Waals surface area contributed by atoms with Gasteiger partial charge in [0.1, 0.15) is 0 Å². The molecule has 0 atom stereocenters. The van der Waals surface area contributed by atoms with Gasteiger partial charge in [0.15, 0.2) is 0 Å². The predicted molar refractivity (Wildman–Crippen MR) is 114 cm³/mol. The van der Waals surface area contributed by atoms with Crippen LogP contribution in [0.25, 0.3) is 0 Å². The van der Waals surface area contributed by atoms with Gasteiger partial charge in [-0.05, 0) is 19.3 Å². The van der Waals surface area contributed by atoms with Crippen molar-refractivity contribution < 1.29 is 4.48 Å². The first kappa shape index (κ1) is 23.0. The third kappa shape index (κ3) is 12.1. The van der Waals surface area contributed by atoms with Crippen molar-refractivity contribution in [3.8, 4) is 0 Å². The lowest BCUT2D eigenvalue weighted by Gasteiger charge is -2.34. The number of likely N-dealkylation sites (tertiary alicyclic amines) is 1. The van der Waals surface area contributed by atoms with Gasteiger partial charge in [0.05, 0.1) is 26.2 Å². The van der Waals surface area contributed by atoms with Crippen molar-refractivity contribution in [2.45, 2.75) is 129 Å². The van der Waals surface area contributed by atoms with E-state index < -0.39 is 0 Å². The molecule has 1 rings (SSSR count). The lowest BCUT2D eigenvalue weighted by atomic mass is 10.0. The molecular formula is C24H50N+. The minimum atomic E-state index is 1.37. The quantitative estimate of drug-likeness (QED) is 0.174. The highest BCUT2D eigenvalue weighted by Gasteiger charge is 2.30. The van der Waals surface area contributed by atoms with E-state index in [1.165, 1.54) is 146 Å². The molecule has 1 aliphatic rings. The molecule has 0 bridgehead atoms. The summed E-state index contributed by atoms with van der Waals surface area (Å²) in [5, 5.41) is 0. The van der Waals surface area contributed by atoms with Crippen LogP contribution in [0.5, 0.6) is 0 Å². The SMILES string of the molecule is CCCCCCCCCCCCCCCC[N+]1(CCCC)CCCC1. The number of nitrogens with zero attached hydrogens (tertiary/aromatic N) is 1. The van der Waals surface area contributed by atoms with Crippen molar-refractivity contribution in [1.82, 2.24) is 0 Å². The summed E-state index contributed by atoms with van der Waals surface area (Å²) in [4.78, 5) is 0. The molecule has 1 saturated heterocycles.